The van der Waals surface area contributed by atoms with E-state index in [9.17, 15) is 25.9 Å². The predicted molar refractivity (Wildman–Crippen MR) is 111 cm³/mol. The minimum absolute atomic E-state index is 0.187. The lowest BCUT2D eigenvalue weighted by Gasteiger charge is -2.06. The Kier molecular flexibility index (Phi) is 4.70. The number of hydrogen-bond donors (Lipinski definition) is 2. The molecule has 0 fully saturated rings. The van der Waals surface area contributed by atoms with Crippen molar-refractivity contribution in [3.63, 3.8) is 0 Å². The van der Waals surface area contributed by atoms with Gasteiger partial charge in [0.1, 0.15) is 20.8 Å². The number of fused-ring (bicyclic) bond motifs is 3. The van der Waals surface area contributed by atoms with Gasteiger partial charge in [-0.05, 0) is 30.7 Å². The Labute approximate surface area is 171 Å². The van der Waals surface area contributed by atoms with E-state index in [2.05, 4.69) is 10.2 Å². The number of aromatic nitrogens is 3. The van der Waals surface area contributed by atoms with Crippen molar-refractivity contribution in [1.29, 1.82) is 0 Å². The number of nitrogens with zero attached hydrogens (tertiary/aromatic N) is 3. The van der Waals surface area contributed by atoms with Crippen molar-refractivity contribution in [2.24, 2.45) is 0 Å². The van der Waals surface area contributed by atoms with Gasteiger partial charge in [-0.25, -0.2) is 0 Å². The molecular weight excluding hydrogens is 430 g/mol. The summed E-state index contributed by atoms with van der Waals surface area (Å²) >= 11 is 0. The van der Waals surface area contributed by atoms with E-state index in [0.717, 1.165) is 4.80 Å². The Balaban J connectivity index is 2.01. The number of hydrogen-bond acceptors (Lipinski definition) is 6. The largest absolute Gasteiger partial charge is 0.295 e. The normalized spacial score (nSPS) is 12.9. The average molecular weight is 445 g/mol. The molecule has 0 aliphatic carbocycles. The number of benzene rings is 3. The van der Waals surface area contributed by atoms with Crippen LogP contribution < -0.4 is 0 Å². The molecule has 154 valence electrons. The van der Waals surface area contributed by atoms with Crippen LogP contribution in [0, 0.1) is 0 Å². The Hall–Kier alpha value is -3.12. The average Bonchev–Trinajstić information content (AvgIpc) is 3.11. The minimum Gasteiger partial charge on any atom is -0.282 e. The first-order valence-corrected chi connectivity index (χ1v) is 11.5. The zero-order chi connectivity index (χ0) is 21.7. The highest BCUT2D eigenvalue weighted by Crippen LogP contribution is 2.30. The summed E-state index contributed by atoms with van der Waals surface area (Å²) in [7, 11) is -9.02. The van der Waals surface area contributed by atoms with Crippen molar-refractivity contribution < 1.29 is 25.9 Å². The maximum absolute atomic E-state index is 11.8. The van der Waals surface area contributed by atoms with Crippen molar-refractivity contribution in [2.45, 2.75) is 16.7 Å². The van der Waals surface area contributed by atoms with E-state index in [4.69, 9.17) is 0 Å². The van der Waals surface area contributed by atoms with Gasteiger partial charge in [0.15, 0.2) is 0 Å². The van der Waals surface area contributed by atoms with E-state index in [1.807, 2.05) is 0 Å². The fourth-order valence-corrected chi connectivity index (χ4v) is 4.65. The molecule has 0 spiro atoms. The van der Waals surface area contributed by atoms with E-state index < -0.39 is 20.2 Å². The summed E-state index contributed by atoms with van der Waals surface area (Å²) in [4.78, 5) is 0.515. The smallest absolute Gasteiger partial charge is 0.282 e. The Morgan fingerprint density at radius 3 is 2.17 bits per heavy atom. The maximum atomic E-state index is 11.8. The minimum atomic E-state index is -4.51. The molecule has 0 atom stereocenters. The Morgan fingerprint density at radius 1 is 0.867 bits per heavy atom. The summed E-state index contributed by atoms with van der Waals surface area (Å²) in [6, 6.07) is 12.0. The van der Waals surface area contributed by atoms with Gasteiger partial charge >= 0.3 is 0 Å². The zero-order valence-electron chi connectivity index (χ0n) is 15.5. The van der Waals surface area contributed by atoms with Crippen LogP contribution >= 0.6 is 0 Å². The van der Waals surface area contributed by atoms with Crippen LogP contribution in [0.25, 0.3) is 33.6 Å². The van der Waals surface area contributed by atoms with Crippen LogP contribution in [0.15, 0.2) is 64.4 Å². The Bertz CT molecular complexity index is 1550. The van der Waals surface area contributed by atoms with Crippen LogP contribution in [0.1, 0.15) is 12.5 Å². The fourth-order valence-electron chi connectivity index (χ4n) is 3.23. The van der Waals surface area contributed by atoms with Gasteiger partial charge in [0.2, 0.25) is 0 Å². The summed E-state index contributed by atoms with van der Waals surface area (Å²) < 4.78 is 66.4. The van der Waals surface area contributed by atoms with Gasteiger partial charge in [-0.1, -0.05) is 42.5 Å². The molecule has 2 N–H and O–H groups in total. The third-order valence-electron chi connectivity index (χ3n) is 4.49. The molecule has 0 saturated carbocycles. The molecule has 0 saturated heterocycles. The van der Waals surface area contributed by atoms with E-state index >= 15 is 0 Å². The van der Waals surface area contributed by atoms with Crippen LogP contribution in [-0.2, 0) is 20.2 Å². The lowest BCUT2D eigenvalue weighted by atomic mass is 10.1. The lowest BCUT2D eigenvalue weighted by molar-refractivity contribution is 0.481. The first-order valence-electron chi connectivity index (χ1n) is 8.60. The predicted octanol–water partition coefficient (Wildman–Crippen LogP) is 3.10. The summed E-state index contributed by atoms with van der Waals surface area (Å²) in [5.41, 5.74) is 1.08. The number of allylic oxidation sites excluding steroid dienone is 1. The van der Waals surface area contributed by atoms with Crippen LogP contribution in [0.4, 0.5) is 0 Å². The van der Waals surface area contributed by atoms with E-state index in [0.29, 0.717) is 16.5 Å². The molecule has 3 aromatic carbocycles. The van der Waals surface area contributed by atoms with Gasteiger partial charge in [0, 0.05) is 10.8 Å². The standard InChI is InChI=1S/C19H15N3O6S2/c1-2-5-12-8-9-13(10-17(12)29(23,24)25)22-20-16-11-18(30(26,27)28)14-6-3-4-7-15(14)19(16)21-22/h2-11H,1H3,(H,23,24,25)(H,26,27,28)/b5-2-. The molecule has 0 radical (unpaired) electrons. The van der Waals surface area contributed by atoms with Crippen molar-refractivity contribution in [3.8, 4) is 5.69 Å². The third kappa shape index (κ3) is 3.48. The highest BCUT2D eigenvalue weighted by atomic mass is 32.2. The molecule has 0 aliphatic rings. The second-order valence-electron chi connectivity index (χ2n) is 6.45. The highest BCUT2D eigenvalue weighted by Gasteiger charge is 2.20. The topological polar surface area (TPSA) is 139 Å². The van der Waals surface area contributed by atoms with Gasteiger partial charge < -0.3 is 0 Å². The van der Waals surface area contributed by atoms with Crippen molar-refractivity contribution in [1.82, 2.24) is 15.0 Å². The second kappa shape index (κ2) is 6.99. The first kappa shape index (κ1) is 20.2. The van der Waals surface area contributed by atoms with Gasteiger partial charge in [0.25, 0.3) is 20.2 Å². The third-order valence-corrected chi connectivity index (χ3v) is 6.29. The zero-order valence-corrected chi connectivity index (χ0v) is 17.1. The van der Waals surface area contributed by atoms with Crippen molar-refractivity contribution >= 4 is 48.1 Å². The summed E-state index contributed by atoms with van der Waals surface area (Å²) in [6.45, 7) is 1.71. The van der Waals surface area contributed by atoms with Crippen molar-refractivity contribution in [3.05, 3.63) is 60.2 Å². The second-order valence-corrected chi connectivity index (χ2v) is 9.23. The quantitative estimate of drug-likeness (QED) is 0.457. The monoisotopic (exact) mass is 445 g/mol. The van der Waals surface area contributed by atoms with Crippen LogP contribution in [0.2, 0.25) is 0 Å². The highest BCUT2D eigenvalue weighted by molar-refractivity contribution is 7.86. The summed E-state index contributed by atoms with van der Waals surface area (Å²) in [5, 5.41) is 9.34. The SMILES string of the molecule is C/C=C\c1ccc(-n2nc3cc(S(=O)(=O)O)c4ccccc4c3n2)cc1S(=O)(=O)O. The summed E-state index contributed by atoms with van der Waals surface area (Å²) in [5.74, 6) is 0. The Morgan fingerprint density at radius 2 is 1.53 bits per heavy atom. The molecule has 4 aromatic rings. The molecule has 0 amide bonds. The van der Waals surface area contributed by atoms with E-state index in [-0.39, 0.29) is 26.4 Å². The first-order chi connectivity index (χ1) is 14.1. The molecule has 30 heavy (non-hydrogen) atoms. The van der Waals surface area contributed by atoms with Gasteiger partial charge in [0.05, 0.1) is 5.69 Å². The maximum Gasteiger partial charge on any atom is 0.295 e. The van der Waals surface area contributed by atoms with Gasteiger partial charge in [-0.3, -0.25) is 9.11 Å². The lowest BCUT2D eigenvalue weighted by Crippen LogP contribution is -2.05. The fraction of sp³-hybridized carbons (Fsp3) is 0.0526. The van der Waals surface area contributed by atoms with E-state index in [1.54, 1.807) is 43.3 Å². The van der Waals surface area contributed by atoms with Crippen LogP contribution in [0.5, 0.6) is 0 Å². The van der Waals surface area contributed by atoms with Crippen LogP contribution in [-0.4, -0.2) is 40.9 Å². The van der Waals surface area contributed by atoms with Gasteiger partial charge in [-0.2, -0.15) is 21.6 Å². The van der Waals surface area contributed by atoms with Crippen LogP contribution in [0.3, 0.4) is 0 Å². The molecule has 1 heterocycles. The molecule has 9 nitrogen and oxygen atoms in total. The number of rotatable bonds is 4. The molecular formula is C19H15N3O6S2. The molecule has 0 bridgehead atoms. The summed E-state index contributed by atoms with van der Waals surface area (Å²) in [6.07, 6.45) is 3.17. The van der Waals surface area contributed by atoms with E-state index in [1.165, 1.54) is 24.3 Å². The molecule has 11 heteroatoms. The van der Waals surface area contributed by atoms with Gasteiger partial charge in [-0.15, -0.1) is 10.2 Å². The molecule has 4 rings (SSSR count). The molecule has 0 unspecified atom stereocenters. The molecule has 1 aromatic heterocycles. The van der Waals surface area contributed by atoms with Crippen molar-refractivity contribution in [2.75, 3.05) is 0 Å². The molecule has 0 aliphatic heterocycles.